The summed E-state index contributed by atoms with van der Waals surface area (Å²) in [4.78, 5) is 14.0. The normalized spacial score (nSPS) is 10.8. The highest BCUT2D eigenvalue weighted by Gasteiger charge is 2.10. The molecule has 0 aliphatic carbocycles. The van der Waals surface area contributed by atoms with E-state index in [1.807, 2.05) is 14.1 Å². The standard InChI is InChI=1S/C14H21Cl2N3O/c1-17-8-4-9-19(2)10-7-13(20)18-14-11(15)5-3-6-12(14)16/h3,5-6,17H,4,7-10H2,1-2H3,(H,18,20). The van der Waals surface area contributed by atoms with Crippen molar-refractivity contribution in [1.29, 1.82) is 0 Å². The number of hydrogen-bond acceptors (Lipinski definition) is 3. The number of halogens is 2. The topological polar surface area (TPSA) is 44.4 Å². The van der Waals surface area contributed by atoms with Gasteiger partial charge in [-0.15, -0.1) is 0 Å². The van der Waals surface area contributed by atoms with E-state index in [2.05, 4.69) is 15.5 Å². The molecule has 4 nitrogen and oxygen atoms in total. The summed E-state index contributed by atoms with van der Waals surface area (Å²) in [5.41, 5.74) is 0.485. The summed E-state index contributed by atoms with van der Waals surface area (Å²) in [6, 6.07) is 5.15. The van der Waals surface area contributed by atoms with Gasteiger partial charge in [-0.1, -0.05) is 29.3 Å². The van der Waals surface area contributed by atoms with E-state index < -0.39 is 0 Å². The van der Waals surface area contributed by atoms with Crippen LogP contribution in [0.25, 0.3) is 0 Å². The van der Waals surface area contributed by atoms with Crippen LogP contribution in [0.3, 0.4) is 0 Å². The summed E-state index contributed by atoms with van der Waals surface area (Å²) < 4.78 is 0. The molecule has 0 unspecified atom stereocenters. The molecule has 0 saturated carbocycles. The van der Waals surface area contributed by atoms with Crippen LogP contribution in [-0.2, 0) is 4.79 Å². The summed E-state index contributed by atoms with van der Waals surface area (Å²) in [5, 5.41) is 6.76. The van der Waals surface area contributed by atoms with Crippen LogP contribution in [0.4, 0.5) is 5.69 Å². The van der Waals surface area contributed by atoms with E-state index in [9.17, 15) is 4.79 Å². The van der Waals surface area contributed by atoms with Gasteiger partial charge in [-0.3, -0.25) is 4.79 Å². The first-order chi connectivity index (χ1) is 9.54. The number of hydrogen-bond donors (Lipinski definition) is 2. The van der Waals surface area contributed by atoms with Crippen LogP contribution in [0.15, 0.2) is 18.2 Å². The largest absolute Gasteiger partial charge is 0.324 e. The van der Waals surface area contributed by atoms with Gasteiger partial charge in [-0.25, -0.2) is 0 Å². The van der Waals surface area contributed by atoms with Crippen LogP contribution >= 0.6 is 23.2 Å². The molecule has 0 saturated heterocycles. The molecular weight excluding hydrogens is 297 g/mol. The lowest BCUT2D eigenvalue weighted by atomic mass is 10.3. The Labute approximate surface area is 130 Å². The van der Waals surface area contributed by atoms with Gasteiger partial charge in [0.25, 0.3) is 0 Å². The van der Waals surface area contributed by atoms with Crippen LogP contribution in [-0.4, -0.2) is 44.5 Å². The van der Waals surface area contributed by atoms with Crippen molar-refractivity contribution >= 4 is 34.8 Å². The predicted molar refractivity (Wildman–Crippen MR) is 85.7 cm³/mol. The van der Waals surface area contributed by atoms with Gasteiger partial charge >= 0.3 is 0 Å². The van der Waals surface area contributed by atoms with E-state index in [-0.39, 0.29) is 5.91 Å². The Morgan fingerprint density at radius 1 is 1.25 bits per heavy atom. The lowest BCUT2D eigenvalue weighted by Crippen LogP contribution is -2.27. The van der Waals surface area contributed by atoms with Gasteiger partial charge in [0.05, 0.1) is 15.7 Å². The van der Waals surface area contributed by atoms with E-state index in [0.29, 0.717) is 28.7 Å². The second kappa shape index (κ2) is 9.19. The van der Waals surface area contributed by atoms with Crippen LogP contribution in [0, 0.1) is 0 Å². The van der Waals surface area contributed by atoms with Crippen molar-refractivity contribution in [2.75, 3.05) is 39.0 Å². The molecule has 0 radical (unpaired) electrons. The summed E-state index contributed by atoms with van der Waals surface area (Å²) in [6.07, 6.45) is 1.47. The van der Waals surface area contributed by atoms with Crippen LogP contribution in [0.1, 0.15) is 12.8 Å². The van der Waals surface area contributed by atoms with Gasteiger partial charge in [0.15, 0.2) is 0 Å². The summed E-state index contributed by atoms with van der Waals surface area (Å²) in [6.45, 7) is 2.64. The van der Waals surface area contributed by atoms with E-state index in [0.717, 1.165) is 19.5 Å². The third-order valence-corrected chi connectivity index (χ3v) is 3.54. The number of carbonyl (C=O) groups is 1. The highest BCUT2D eigenvalue weighted by atomic mass is 35.5. The fourth-order valence-corrected chi connectivity index (χ4v) is 2.24. The second-order valence-corrected chi connectivity index (χ2v) is 5.47. The number of nitrogens with one attached hydrogen (secondary N) is 2. The Morgan fingerprint density at radius 2 is 1.90 bits per heavy atom. The number of carbonyl (C=O) groups excluding carboxylic acids is 1. The first-order valence-corrected chi connectivity index (χ1v) is 7.37. The molecule has 0 aliphatic rings. The second-order valence-electron chi connectivity index (χ2n) is 4.66. The quantitative estimate of drug-likeness (QED) is 0.725. The van der Waals surface area contributed by atoms with Gasteiger partial charge < -0.3 is 15.5 Å². The first kappa shape index (κ1) is 17.2. The van der Waals surface area contributed by atoms with E-state index in [1.54, 1.807) is 18.2 Å². The molecule has 0 spiro atoms. The van der Waals surface area contributed by atoms with Gasteiger partial charge in [0.2, 0.25) is 5.91 Å². The van der Waals surface area contributed by atoms with Gasteiger partial charge in [-0.05, 0) is 45.7 Å². The molecule has 2 N–H and O–H groups in total. The molecular formula is C14H21Cl2N3O. The molecule has 1 amide bonds. The van der Waals surface area contributed by atoms with Crippen LogP contribution in [0.2, 0.25) is 10.0 Å². The first-order valence-electron chi connectivity index (χ1n) is 6.61. The minimum absolute atomic E-state index is 0.0829. The van der Waals surface area contributed by atoms with E-state index >= 15 is 0 Å². The van der Waals surface area contributed by atoms with E-state index in [1.165, 1.54) is 0 Å². The van der Waals surface area contributed by atoms with Gasteiger partial charge in [0, 0.05) is 13.0 Å². The molecule has 6 heteroatoms. The molecule has 1 aromatic rings. The number of para-hydroxylation sites is 1. The average Bonchev–Trinajstić information content (AvgIpc) is 2.41. The molecule has 0 heterocycles. The maximum absolute atomic E-state index is 11.9. The van der Waals surface area contributed by atoms with E-state index in [4.69, 9.17) is 23.2 Å². The summed E-state index contributed by atoms with van der Waals surface area (Å²) in [5.74, 6) is -0.0829. The zero-order valence-electron chi connectivity index (χ0n) is 11.9. The lowest BCUT2D eigenvalue weighted by Gasteiger charge is -2.16. The van der Waals surface area contributed by atoms with Crippen molar-refractivity contribution in [1.82, 2.24) is 10.2 Å². The highest BCUT2D eigenvalue weighted by Crippen LogP contribution is 2.29. The summed E-state index contributed by atoms with van der Waals surface area (Å²) in [7, 11) is 3.94. The average molecular weight is 318 g/mol. The number of nitrogens with zero attached hydrogens (tertiary/aromatic N) is 1. The molecule has 0 aliphatic heterocycles. The van der Waals surface area contributed by atoms with Gasteiger partial charge in [-0.2, -0.15) is 0 Å². The maximum atomic E-state index is 11.9. The van der Waals surface area contributed by atoms with Crippen LogP contribution < -0.4 is 10.6 Å². The molecule has 0 atom stereocenters. The van der Waals surface area contributed by atoms with Crippen LogP contribution in [0.5, 0.6) is 0 Å². The number of amides is 1. The molecule has 0 bridgehead atoms. The number of rotatable bonds is 8. The van der Waals surface area contributed by atoms with Crippen molar-refractivity contribution in [3.63, 3.8) is 0 Å². The minimum Gasteiger partial charge on any atom is -0.324 e. The predicted octanol–water partition coefficient (Wildman–Crippen LogP) is 2.86. The summed E-state index contributed by atoms with van der Waals surface area (Å²) >= 11 is 12.0. The Kier molecular flexibility index (Phi) is 7.92. The third-order valence-electron chi connectivity index (χ3n) is 2.91. The Morgan fingerprint density at radius 3 is 2.50 bits per heavy atom. The lowest BCUT2D eigenvalue weighted by molar-refractivity contribution is -0.116. The zero-order valence-corrected chi connectivity index (χ0v) is 13.4. The van der Waals surface area contributed by atoms with Crippen molar-refractivity contribution in [3.8, 4) is 0 Å². The van der Waals surface area contributed by atoms with Crippen molar-refractivity contribution in [2.24, 2.45) is 0 Å². The maximum Gasteiger partial charge on any atom is 0.225 e. The van der Waals surface area contributed by atoms with Crippen molar-refractivity contribution < 1.29 is 4.79 Å². The molecule has 0 aromatic heterocycles. The molecule has 20 heavy (non-hydrogen) atoms. The molecule has 0 fully saturated rings. The monoisotopic (exact) mass is 317 g/mol. The van der Waals surface area contributed by atoms with Crippen molar-refractivity contribution in [3.05, 3.63) is 28.2 Å². The number of anilines is 1. The molecule has 1 aromatic carbocycles. The molecule has 112 valence electrons. The Bertz CT molecular complexity index is 420. The Balaban J connectivity index is 2.37. The zero-order chi connectivity index (χ0) is 15.0. The minimum atomic E-state index is -0.0829. The smallest absolute Gasteiger partial charge is 0.225 e. The molecule has 1 rings (SSSR count). The van der Waals surface area contributed by atoms with Gasteiger partial charge in [0.1, 0.15) is 0 Å². The fourth-order valence-electron chi connectivity index (χ4n) is 1.75. The Hall–Kier alpha value is -0.810. The highest BCUT2D eigenvalue weighted by molar-refractivity contribution is 6.39. The third kappa shape index (κ3) is 6.09. The number of benzene rings is 1. The fraction of sp³-hybridized carbons (Fsp3) is 0.500. The SMILES string of the molecule is CNCCCN(C)CCC(=O)Nc1c(Cl)cccc1Cl. The van der Waals surface area contributed by atoms with Crippen molar-refractivity contribution in [2.45, 2.75) is 12.8 Å².